The molecule has 0 aliphatic heterocycles. The molecule has 5 unspecified atom stereocenters. The lowest BCUT2D eigenvalue weighted by molar-refractivity contribution is -0.139. The molecule has 0 aromatic rings. The number of hydrogen-bond donors (Lipinski definition) is 1. The third-order valence-electron chi connectivity index (χ3n) is 5.57. The van der Waals surface area contributed by atoms with Crippen LogP contribution in [-0.2, 0) is 4.79 Å². The van der Waals surface area contributed by atoms with Gasteiger partial charge in [-0.1, -0.05) is 20.8 Å². The van der Waals surface area contributed by atoms with E-state index in [1.165, 1.54) is 6.42 Å². The third-order valence-corrected chi connectivity index (χ3v) is 5.57. The zero-order valence-corrected chi connectivity index (χ0v) is 9.08. The van der Waals surface area contributed by atoms with E-state index in [0.717, 1.165) is 18.3 Å². The maximum atomic E-state index is 11.0. The standard InChI is InChI=1S/C12H18O2/c1-11(2)6-4-7-9(10(13)14)12(7,3)5-8(6)11/h6-9H,4-5H2,1-3H3,(H,13,14). The highest BCUT2D eigenvalue weighted by Gasteiger charge is 2.75. The molecule has 0 heterocycles. The SMILES string of the molecule is CC1(C)C2CC3C(C(=O)O)C3(C)CC21. The summed E-state index contributed by atoms with van der Waals surface area (Å²) in [5, 5.41) is 9.08. The Bertz CT molecular complexity index is 320. The fraction of sp³-hybridized carbons (Fsp3) is 0.917. The Hall–Kier alpha value is -0.530. The van der Waals surface area contributed by atoms with Crippen LogP contribution in [0.3, 0.4) is 0 Å². The van der Waals surface area contributed by atoms with Crippen molar-refractivity contribution in [1.29, 1.82) is 0 Å². The minimum Gasteiger partial charge on any atom is -0.481 e. The second kappa shape index (κ2) is 2.02. The Kier molecular flexibility index (Phi) is 1.27. The molecule has 0 aromatic carbocycles. The van der Waals surface area contributed by atoms with E-state index < -0.39 is 5.97 Å². The van der Waals surface area contributed by atoms with Crippen LogP contribution < -0.4 is 0 Å². The highest BCUT2D eigenvalue weighted by atomic mass is 16.4. The first-order chi connectivity index (χ1) is 6.39. The van der Waals surface area contributed by atoms with Gasteiger partial charge in [0.1, 0.15) is 0 Å². The zero-order chi connectivity index (χ0) is 10.3. The maximum absolute atomic E-state index is 11.0. The van der Waals surface area contributed by atoms with Gasteiger partial charge in [-0.15, -0.1) is 0 Å². The van der Waals surface area contributed by atoms with Crippen LogP contribution in [0.15, 0.2) is 0 Å². The van der Waals surface area contributed by atoms with Crippen molar-refractivity contribution in [3.05, 3.63) is 0 Å². The average molecular weight is 194 g/mol. The molecule has 2 nitrogen and oxygen atoms in total. The molecule has 3 aliphatic carbocycles. The van der Waals surface area contributed by atoms with Crippen LogP contribution in [0.2, 0.25) is 0 Å². The van der Waals surface area contributed by atoms with E-state index in [2.05, 4.69) is 20.8 Å². The molecule has 3 rings (SSSR count). The number of carbonyl (C=O) groups is 1. The zero-order valence-electron chi connectivity index (χ0n) is 9.08. The van der Waals surface area contributed by atoms with Crippen LogP contribution in [0.5, 0.6) is 0 Å². The van der Waals surface area contributed by atoms with Crippen LogP contribution in [0.4, 0.5) is 0 Å². The maximum Gasteiger partial charge on any atom is 0.307 e. The Morgan fingerprint density at radius 2 is 1.86 bits per heavy atom. The lowest BCUT2D eigenvalue weighted by atomic mass is 9.90. The summed E-state index contributed by atoms with van der Waals surface area (Å²) in [4.78, 5) is 11.0. The van der Waals surface area contributed by atoms with Gasteiger partial charge in [-0.25, -0.2) is 0 Å². The van der Waals surface area contributed by atoms with Crippen molar-refractivity contribution in [2.24, 2.45) is 34.5 Å². The summed E-state index contributed by atoms with van der Waals surface area (Å²) >= 11 is 0. The molecule has 1 N–H and O–H groups in total. The Morgan fingerprint density at radius 3 is 2.36 bits per heavy atom. The van der Waals surface area contributed by atoms with Crippen molar-refractivity contribution >= 4 is 5.97 Å². The van der Waals surface area contributed by atoms with Gasteiger partial charge >= 0.3 is 5.97 Å². The van der Waals surface area contributed by atoms with Crippen molar-refractivity contribution in [2.45, 2.75) is 33.6 Å². The highest BCUT2D eigenvalue weighted by molar-refractivity contribution is 5.76. The van der Waals surface area contributed by atoms with Gasteiger partial charge in [-0.3, -0.25) is 4.79 Å². The van der Waals surface area contributed by atoms with E-state index in [4.69, 9.17) is 5.11 Å². The third kappa shape index (κ3) is 0.768. The Morgan fingerprint density at radius 1 is 1.21 bits per heavy atom. The lowest BCUT2D eigenvalue weighted by Gasteiger charge is -2.15. The minimum absolute atomic E-state index is 0.0221. The molecule has 78 valence electrons. The van der Waals surface area contributed by atoms with Gasteiger partial charge in [-0.2, -0.15) is 0 Å². The average Bonchev–Trinajstić information content (AvgIpc) is 2.81. The normalized spacial score (nSPS) is 57.1. The van der Waals surface area contributed by atoms with Gasteiger partial charge in [0.25, 0.3) is 0 Å². The predicted molar refractivity (Wildman–Crippen MR) is 52.7 cm³/mol. The summed E-state index contributed by atoms with van der Waals surface area (Å²) in [5.74, 6) is 1.55. The van der Waals surface area contributed by atoms with Crippen molar-refractivity contribution < 1.29 is 9.90 Å². The summed E-state index contributed by atoms with van der Waals surface area (Å²) in [7, 11) is 0. The molecule has 0 spiro atoms. The molecule has 2 heteroatoms. The van der Waals surface area contributed by atoms with Gasteiger partial charge in [0.2, 0.25) is 0 Å². The van der Waals surface area contributed by atoms with E-state index in [0.29, 0.717) is 11.3 Å². The first-order valence-corrected chi connectivity index (χ1v) is 5.62. The Labute approximate surface area is 84.7 Å². The fourth-order valence-corrected chi connectivity index (χ4v) is 4.28. The second-order valence-corrected chi connectivity index (χ2v) is 6.40. The largest absolute Gasteiger partial charge is 0.481 e. The van der Waals surface area contributed by atoms with E-state index in [1.54, 1.807) is 0 Å². The number of fused-ring (bicyclic) bond motifs is 2. The first kappa shape index (κ1) is 8.75. The molecular weight excluding hydrogens is 176 g/mol. The van der Waals surface area contributed by atoms with Crippen molar-refractivity contribution in [1.82, 2.24) is 0 Å². The van der Waals surface area contributed by atoms with Gasteiger partial charge in [-0.05, 0) is 41.4 Å². The fourth-order valence-electron chi connectivity index (χ4n) is 4.28. The van der Waals surface area contributed by atoms with Crippen molar-refractivity contribution in [2.75, 3.05) is 0 Å². The highest BCUT2D eigenvalue weighted by Crippen LogP contribution is 2.78. The molecule has 0 saturated heterocycles. The second-order valence-electron chi connectivity index (χ2n) is 6.40. The van der Waals surface area contributed by atoms with Gasteiger partial charge in [0, 0.05) is 0 Å². The van der Waals surface area contributed by atoms with Crippen molar-refractivity contribution in [3.63, 3.8) is 0 Å². The quantitative estimate of drug-likeness (QED) is 0.696. The first-order valence-electron chi connectivity index (χ1n) is 5.62. The number of rotatable bonds is 1. The summed E-state index contributed by atoms with van der Waals surface area (Å²) in [5.41, 5.74) is 0.667. The Balaban J connectivity index is 1.81. The van der Waals surface area contributed by atoms with Crippen LogP contribution in [0.1, 0.15) is 33.6 Å². The molecule has 5 atom stereocenters. The molecule has 3 saturated carbocycles. The number of carboxylic acids is 1. The van der Waals surface area contributed by atoms with Crippen LogP contribution in [0.25, 0.3) is 0 Å². The summed E-state index contributed by atoms with van der Waals surface area (Å²) in [6.45, 7) is 6.86. The smallest absolute Gasteiger partial charge is 0.307 e. The van der Waals surface area contributed by atoms with E-state index in [1.807, 2.05) is 0 Å². The molecule has 0 amide bonds. The summed E-state index contributed by atoms with van der Waals surface area (Å²) in [6.07, 6.45) is 2.33. The molecule has 14 heavy (non-hydrogen) atoms. The summed E-state index contributed by atoms with van der Waals surface area (Å²) < 4.78 is 0. The minimum atomic E-state index is -0.559. The van der Waals surface area contributed by atoms with E-state index in [-0.39, 0.29) is 11.3 Å². The van der Waals surface area contributed by atoms with Gasteiger partial charge < -0.3 is 5.11 Å². The van der Waals surface area contributed by atoms with Crippen LogP contribution >= 0.6 is 0 Å². The molecule has 0 radical (unpaired) electrons. The summed E-state index contributed by atoms with van der Waals surface area (Å²) in [6, 6.07) is 0. The van der Waals surface area contributed by atoms with Gasteiger partial charge in [0.05, 0.1) is 5.92 Å². The van der Waals surface area contributed by atoms with Crippen molar-refractivity contribution in [3.8, 4) is 0 Å². The number of carboxylic acid groups (broad SMARTS) is 1. The van der Waals surface area contributed by atoms with Gasteiger partial charge in [0.15, 0.2) is 0 Å². The lowest BCUT2D eigenvalue weighted by Crippen LogP contribution is -2.10. The monoisotopic (exact) mass is 194 g/mol. The topological polar surface area (TPSA) is 37.3 Å². The van der Waals surface area contributed by atoms with E-state index in [9.17, 15) is 4.79 Å². The molecule has 0 aromatic heterocycles. The molecule has 3 aliphatic rings. The molecule has 3 fully saturated rings. The van der Waals surface area contributed by atoms with Crippen LogP contribution in [0, 0.1) is 34.5 Å². The van der Waals surface area contributed by atoms with E-state index >= 15 is 0 Å². The number of aliphatic carboxylic acids is 1. The molecule has 0 bridgehead atoms. The van der Waals surface area contributed by atoms with Crippen LogP contribution in [-0.4, -0.2) is 11.1 Å². The molecular formula is C12H18O2. The predicted octanol–water partition coefficient (Wildman–Crippen LogP) is 2.39. The number of hydrogen-bond acceptors (Lipinski definition) is 1.